The molecule has 2 rings (SSSR count). The van der Waals surface area contributed by atoms with E-state index >= 15 is 0 Å². The van der Waals surface area contributed by atoms with Crippen molar-refractivity contribution in [3.05, 3.63) is 18.0 Å². The van der Waals surface area contributed by atoms with Gasteiger partial charge in [0.25, 0.3) is 0 Å². The molecule has 0 amide bonds. The number of nitrogens with zero attached hydrogens (tertiary/aromatic N) is 3. The molecular formula is C15H29IN6. The van der Waals surface area contributed by atoms with Crippen LogP contribution in [0.1, 0.15) is 38.8 Å². The highest BCUT2D eigenvalue weighted by Crippen LogP contribution is 2.10. The molecular weight excluding hydrogens is 391 g/mol. The van der Waals surface area contributed by atoms with Gasteiger partial charge >= 0.3 is 0 Å². The molecule has 1 fully saturated rings. The van der Waals surface area contributed by atoms with E-state index in [1.165, 1.54) is 38.9 Å². The van der Waals surface area contributed by atoms with E-state index in [2.05, 4.69) is 44.6 Å². The van der Waals surface area contributed by atoms with Crippen LogP contribution in [0, 0.1) is 0 Å². The molecule has 0 unspecified atom stereocenters. The van der Waals surface area contributed by atoms with Gasteiger partial charge in [0.05, 0.1) is 12.2 Å². The maximum Gasteiger partial charge on any atom is 0.191 e. The van der Waals surface area contributed by atoms with Crippen LogP contribution < -0.4 is 10.6 Å². The minimum absolute atomic E-state index is 0. The predicted molar refractivity (Wildman–Crippen MR) is 102 cm³/mol. The molecule has 0 aliphatic carbocycles. The van der Waals surface area contributed by atoms with Gasteiger partial charge in [0.2, 0.25) is 0 Å². The number of likely N-dealkylation sites (tertiary alicyclic amines) is 1. The van der Waals surface area contributed by atoms with Crippen molar-refractivity contribution in [3.63, 3.8) is 0 Å². The number of piperidine rings is 1. The van der Waals surface area contributed by atoms with Gasteiger partial charge in [-0.2, -0.15) is 5.10 Å². The summed E-state index contributed by atoms with van der Waals surface area (Å²) in [6.45, 7) is 9.44. The molecule has 1 saturated heterocycles. The Bertz CT molecular complexity index is 412. The molecule has 0 atom stereocenters. The first-order chi connectivity index (χ1) is 10.3. The van der Waals surface area contributed by atoms with Crippen molar-refractivity contribution in [2.24, 2.45) is 4.99 Å². The summed E-state index contributed by atoms with van der Waals surface area (Å²) in [6, 6.07) is 2.48. The Morgan fingerprint density at radius 2 is 2.18 bits per heavy atom. The van der Waals surface area contributed by atoms with Crippen LogP contribution >= 0.6 is 24.0 Å². The first-order valence-electron chi connectivity index (χ1n) is 8.07. The van der Waals surface area contributed by atoms with Gasteiger partial charge in [0.1, 0.15) is 0 Å². The number of halogens is 1. The summed E-state index contributed by atoms with van der Waals surface area (Å²) in [7, 11) is 0. The largest absolute Gasteiger partial charge is 0.357 e. The molecule has 3 N–H and O–H groups in total. The van der Waals surface area contributed by atoms with Crippen molar-refractivity contribution >= 4 is 29.9 Å². The second-order valence-corrected chi connectivity index (χ2v) is 5.54. The minimum Gasteiger partial charge on any atom is -0.357 e. The number of guanidine groups is 1. The monoisotopic (exact) mass is 420 g/mol. The van der Waals surface area contributed by atoms with Gasteiger partial charge in [-0.15, -0.1) is 24.0 Å². The zero-order chi connectivity index (χ0) is 14.9. The first-order valence-corrected chi connectivity index (χ1v) is 8.07. The summed E-state index contributed by atoms with van der Waals surface area (Å²) < 4.78 is 0. The Labute approximate surface area is 150 Å². The fourth-order valence-corrected chi connectivity index (χ4v) is 2.67. The predicted octanol–water partition coefficient (Wildman–Crippen LogP) is 1.96. The van der Waals surface area contributed by atoms with Crippen molar-refractivity contribution in [1.29, 1.82) is 0 Å². The standard InChI is InChI=1S/C15H28N6.HI/c1-3-9-21-10-6-13(7-11-21)19-15(16-4-2)17-12-14-5-8-18-20-14;/h5,8,13H,3-4,6-7,9-12H2,1-2H3,(H,18,20)(H2,16,17,19);1H. The van der Waals surface area contributed by atoms with Crippen LogP contribution in [0.25, 0.3) is 0 Å². The lowest BCUT2D eigenvalue weighted by molar-refractivity contribution is 0.206. The normalized spacial score (nSPS) is 17.1. The van der Waals surface area contributed by atoms with E-state index in [0.717, 1.165) is 18.2 Å². The number of rotatable bonds is 6. The van der Waals surface area contributed by atoms with E-state index in [1.54, 1.807) is 6.20 Å². The van der Waals surface area contributed by atoms with Crippen LogP contribution in [-0.2, 0) is 6.54 Å². The van der Waals surface area contributed by atoms with Crippen molar-refractivity contribution in [3.8, 4) is 0 Å². The number of H-pyrrole nitrogens is 1. The van der Waals surface area contributed by atoms with E-state index in [9.17, 15) is 0 Å². The third-order valence-corrected chi connectivity index (χ3v) is 3.78. The van der Waals surface area contributed by atoms with Gasteiger partial charge in [-0.1, -0.05) is 6.92 Å². The molecule has 22 heavy (non-hydrogen) atoms. The summed E-state index contributed by atoms with van der Waals surface area (Å²) in [4.78, 5) is 7.16. The lowest BCUT2D eigenvalue weighted by Gasteiger charge is -2.32. The van der Waals surface area contributed by atoms with Gasteiger partial charge < -0.3 is 15.5 Å². The van der Waals surface area contributed by atoms with Crippen molar-refractivity contribution in [2.45, 2.75) is 45.7 Å². The van der Waals surface area contributed by atoms with E-state index in [0.29, 0.717) is 12.6 Å². The van der Waals surface area contributed by atoms with Crippen LogP contribution in [0.2, 0.25) is 0 Å². The summed E-state index contributed by atoms with van der Waals surface area (Å²) in [6.07, 6.45) is 5.38. The highest BCUT2D eigenvalue weighted by Gasteiger charge is 2.19. The molecule has 1 aliphatic heterocycles. The second-order valence-electron chi connectivity index (χ2n) is 5.54. The molecule has 1 aromatic rings. The van der Waals surface area contributed by atoms with Crippen LogP contribution in [0.5, 0.6) is 0 Å². The molecule has 0 saturated carbocycles. The lowest BCUT2D eigenvalue weighted by atomic mass is 10.1. The molecule has 0 spiro atoms. The molecule has 0 bridgehead atoms. The molecule has 1 aromatic heterocycles. The Morgan fingerprint density at radius 3 is 2.77 bits per heavy atom. The van der Waals surface area contributed by atoms with Gasteiger partial charge in [0.15, 0.2) is 5.96 Å². The Kier molecular flexibility index (Phi) is 9.45. The van der Waals surface area contributed by atoms with Crippen LogP contribution in [-0.4, -0.2) is 53.3 Å². The zero-order valence-electron chi connectivity index (χ0n) is 13.6. The van der Waals surface area contributed by atoms with Crippen molar-refractivity contribution < 1.29 is 0 Å². The number of aromatic nitrogens is 2. The summed E-state index contributed by atoms with van der Waals surface area (Å²) in [5, 5.41) is 13.8. The smallest absolute Gasteiger partial charge is 0.191 e. The average Bonchev–Trinajstić information content (AvgIpc) is 3.01. The maximum atomic E-state index is 4.61. The third kappa shape index (κ3) is 6.51. The number of hydrogen-bond acceptors (Lipinski definition) is 3. The molecule has 1 aliphatic rings. The fraction of sp³-hybridized carbons (Fsp3) is 0.733. The summed E-state index contributed by atoms with van der Waals surface area (Å²) in [5.41, 5.74) is 1.03. The summed E-state index contributed by atoms with van der Waals surface area (Å²) in [5.74, 6) is 0.904. The maximum absolute atomic E-state index is 4.61. The van der Waals surface area contributed by atoms with Crippen molar-refractivity contribution in [2.75, 3.05) is 26.2 Å². The number of aromatic amines is 1. The SMILES string of the molecule is CCCN1CCC(NC(=NCc2ccn[nH]2)NCC)CC1.I. The quantitative estimate of drug-likeness (QED) is 0.374. The lowest BCUT2D eigenvalue weighted by Crippen LogP contribution is -2.48. The Morgan fingerprint density at radius 1 is 1.41 bits per heavy atom. The molecule has 0 radical (unpaired) electrons. The fourth-order valence-electron chi connectivity index (χ4n) is 2.67. The van der Waals surface area contributed by atoms with Gasteiger partial charge in [-0.25, -0.2) is 4.99 Å². The molecule has 126 valence electrons. The van der Waals surface area contributed by atoms with E-state index in [4.69, 9.17) is 0 Å². The van der Waals surface area contributed by atoms with Crippen LogP contribution in [0.4, 0.5) is 0 Å². The summed E-state index contributed by atoms with van der Waals surface area (Å²) >= 11 is 0. The van der Waals surface area contributed by atoms with Gasteiger partial charge in [0, 0.05) is 31.9 Å². The highest BCUT2D eigenvalue weighted by molar-refractivity contribution is 14.0. The average molecular weight is 420 g/mol. The molecule has 7 heteroatoms. The van der Waals surface area contributed by atoms with Gasteiger partial charge in [-0.05, 0) is 38.8 Å². The van der Waals surface area contributed by atoms with E-state index < -0.39 is 0 Å². The van der Waals surface area contributed by atoms with Crippen molar-refractivity contribution in [1.82, 2.24) is 25.7 Å². The van der Waals surface area contributed by atoms with E-state index in [-0.39, 0.29) is 24.0 Å². The zero-order valence-corrected chi connectivity index (χ0v) is 16.0. The van der Waals surface area contributed by atoms with Crippen LogP contribution in [0.15, 0.2) is 17.3 Å². The molecule has 0 aromatic carbocycles. The molecule has 6 nitrogen and oxygen atoms in total. The van der Waals surface area contributed by atoms with Crippen LogP contribution in [0.3, 0.4) is 0 Å². The third-order valence-electron chi connectivity index (χ3n) is 3.78. The highest BCUT2D eigenvalue weighted by atomic mass is 127. The number of hydrogen-bond donors (Lipinski definition) is 3. The van der Waals surface area contributed by atoms with Gasteiger partial charge in [-0.3, -0.25) is 5.10 Å². The number of nitrogens with one attached hydrogen (secondary N) is 3. The Hall–Kier alpha value is -0.830. The number of aliphatic imine (C=N–C) groups is 1. The Balaban J connectivity index is 0.00000242. The first kappa shape index (κ1) is 19.2. The van der Waals surface area contributed by atoms with E-state index in [1.807, 2.05) is 6.07 Å². The minimum atomic E-state index is 0. The topological polar surface area (TPSA) is 68.3 Å². The second kappa shape index (κ2) is 10.8. The molecule has 2 heterocycles.